The van der Waals surface area contributed by atoms with Crippen molar-refractivity contribution in [2.75, 3.05) is 4.90 Å². The average Bonchev–Trinajstić information content (AvgIpc) is 3.97. The second-order valence-electron chi connectivity index (χ2n) is 16.3. The third-order valence-electron chi connectivity index (χ3n) is 12.5. The van der Waals surface area contributed by atoms with Gasteiger partial charge in [-0.1, -0.05) is 141 Å². The van der Waals surface area contributed by atoms with E-state index in [0.29, 0.717) is 5.89 Å². The highest BCUT2D eigenvalue weighted by Crippen LogP contribution is 2.52. The van der Waals surface area contributed by atoms with Gasteiger partial charge in [0.05, 0.1) is 5.69 Å². The van der Waals surface area contributed by atoms with E-state index < -0.39 is 0 Å². The van der Waals surface area contributed by atoms with Crippen LogP contribution in [0.3, 0.4) is 0 Å². The fraction of sp³-hybridized carbons (Fsp3) is 0.0536. The average molecular weight is 771 g/mol. The number of aromatic nitrogens is 1. The van der Waals surface area contributed by atoms with Crippen LogP contribution in [0.4, 0.5) is 17.1 Å². The van der Waals surface area contributed by atoms with Gasteiger partial charge in [-0.15, -0.1) is 0 Å². The van der Waals surface area contributed by atoms with Crippen molar-refractivity contribution < 1.29 is 8.83 Å². The number of oxazole rings is 1. The molecule has 1 aliphatic rings. The lowest BCUT2D eigenvalue weighted by molar-refractivity contribution is 0.620. The molecule has 0 amide bonds. The van der Waals surface area contributed by atoms with Crippen molar-refractivity contribution in [3.05, 3.63) is 205 Å². The molecule has 0 saturated carbocycles. The Hall–Kier alpha value is -7.69. The Morgan fingerprint density at radius 3 is 1.95 bits per heavy atom. The van der Waals surface area contributed by atoms with E-state index in [4.69, 9.17) is 13.8 Å². The quantitative estimate of drug-likeness (QED) is 0.169. The van der Waals surface area contributed by atoms with Crippen molar-refractivity contribution in [2.45, 2.75) is 19.3 Å². The van der Waals surface area contributed by atoms with Crippen LogP contribution in [0, 0.1) is 0 Å². The number of fused-ring (bicyclic) bond motifs is 9. The van der Waals surface area contributed by atoms with E-state index in [9.17, 15) is 0 Å². The lowest BCUT2D eigenvalue weighted by Gasteiger charge is -2.30. The van der Waals surface area contributed by atoms with Gasteiger partial charge in [0, 0.05) is 44.1 Å². The van der Waals surface area contributed by atoms with Gasteiger partial charge >= 0.3 is 0 Å². The highest BCUT2D eigenvalue weighted by atomic mass is 16.3. The molecule has 0 bridgehead atoms. The molecule has 1 aliphatic carbocycles. The first-order valence-corrected chi connectivity index (χ1v) is 20.5. The van der Waals surface area contributed by atoms with Gasteiger partial charge in [0.1, 0.15) is 16.7 Å². The Bertz CT molecular complexity index is 3450. The standard InChI is InChI=1S/C56H38N2O2/c1-56(2)48-20-12-11-19-43(48)44-29-27-41(32-49(44)56)58(40-25-21-36(22-26-40)35-13-5-3-6-14-35)51-33-47-45-28-23-37-15-9-10-18-42(37)54(45)59-52(47)34-46(51)39-24-30-50-53(31-39)60-55(57-50)38-16-7-4-8-17-38/h3-34H,1-2H3. The van der Waals surface area contributed by atoms with E-state index in [1.165, 1.54) is 33.4 Å². The summed E-state index contributed by atoms with van der Waals surface area (Å²) in [5.74, 6) is 0.601. The molecule has 284 valence electrons. The number of anilines is 3. The minimum Gasteiger partial charge on any atom is -0.455 e. The molecule has 4 nitrogen and oxygen atoms in total. The highest BCUT2D eigenvalue weighted by Gasteiger charge is 2.36. The van der Waals surface area contributed by atoms with Crippen molar-refractivity contribution in [1.82, 2.24) is 4.98 Å². The summed E-state index contributed by atoms with van der Waals surface area (Å²) in [7, 11) is 0. The first-order valence-electron chi connectivity index (χ1n) is 20.5. The van der Waals surface area contributed by atoms with Crippen LogP contribution in [-0.2, 0) is 5.41 Å². The lowest BCUT2D eigenvalue weighted by atomic mass is 9.82. The van der Waals surface area contributed by atoms with Gasteiger partial charge < -0.3 is 13.7 Å². The minimum absolute atomic E-state index is 0.173. The zero-order chi connectivity index (χ0) is 40.0. The molecule has 0 aliphatic heterocycles. The normalized spacial score (nSPS) is 13.0. The van der Waals surface area contributed by atoms with Crippen molar-refractivity contribution >= 4 is 60.9 Å². The molecule has 0 spiro atoms. The molecule has 2 heterocycles. The Morgan fingerprint density at radius 2 is 1.12 bits per heavy atom. The Labute approximate surface area is 347 Å². The monoisotopic (exact) mass is 770 g/mol. The van der Waals surface area contributed by atoms with Crippen LogP contribution < -0.4 is 4.90 Å². The van der Waals surface area contributed by atoms with Gasteiger partial charge in [0.25, 0.3) is 0 Å². The van der Waals surface area contributed by atoms with Crippen molar-refractivity contribution in [3.63, 3.8) is 0 Å². The summed E-state index contributed by atoms with van der Waals surface area (Å²) in [6.45, 7) is 4.69. The van der Waals surface area contributed by atoms with Crippen LogP contribution in [0.1, 0.15) is 25.0 Å². The molecular weight excluding hydrogens is 733 g/mol. The summed E-state index contributed by atoms with van der Waals surface area (Å²) in [6, 6.07) is 69.1. The summed E-state index contributed by atoms with van der Waals surface area (Å²) >= 11 is 0. The van der Waals surface area contributed by atoms with Gasteiger partial charge in [0.2, 0.25) is 5.89 Å². The third-order valence-corrected chi connectivity index (χ3v) is 12.5. The van der Waals surface area contributed by atoms with E-state index >= 15 is 0 Å². The first kappa shape index (κ1) is 34.4. The van der Waals surface area contributed by atoms with Gasteiger partial charge in [-0.2, -0.15) is 0 Å². The lowest BCUT2D eigenvalue weighted by Crippen LogP contribution is -2.17. The molecule has 60 heavy (non-hydrogen) atoms. The second-order valence-corrected chi connectivity index (χ2v) is 16.3. The number of hydrogen-bond acceptors (Lipinski definition) is 4. The van der Waals surface area contributed by atoms with Crippen LogP contribution in [0.15, 0.2) is 203 Å². The Morgan fingerprint density at radius 1 is 0.433 bits per heavy atom. The maximum Gasteiger partial charge on any atom is 0.227 e. The van der Waals surface area contributed by atoms with Crippen LogP contribution in [0.2, 0.25) is 0 Å². The molecule has 4 heteroatoms. The van der Waals surface area contributed by atoms with Crippen molar-refractivity contribution in [1.29, 1.82) is 0 Å². The van der Waals surface area contributed by atoms with Gasteiger partial charge in [0.15, 0.2) is 5.58 Å². The molecule has 2 aromatic heterocycles. The summed E-state index contributed by atoms with van der Waals surface area (Å²) in [6.07, 6.45) is 0. The van der Waals surface area contributed by atoms with E-state index in [2.05, 4.69) is 183 Å². The largest absolute Gasteiger partial charge is 0.455 e. The predicted molar refractivity (Wildman–Crippen MR) is 247 cm³/mol. The summed E-state index contributed by atoms with van der Waals surface area (Å²) in [4.78, 5) is 7.30. The molecule has 0 radical (unpaired) electrons. The fourth-order valence-electron chi connectivity index (χ4n) is 9.44. The molecule has 9 aromatic carbocycles. The molecule has 11 aromatic rings. The molecule has 0 fully saturated rings. The fourth-order valence-corrected chi connectivity index (χ4v) is 9.44. The first-order chi connectivity index (χ1) is 29.5. The minimum atomic E-state index is -0.173. The number of rotatable bonds is 6. The molecular formula is C56H38N2O2. The van der Waals surface area contributed by atoms with E-state index in [1.54, 1.807) is 0 Å². The zero-order valence-electron chi connectivity index (χ0n) is 33.2. The smallest absolute Gasteiger partial charge is 0.227 e. The van der Waals surface area contributed by atoms with E-state index in [-0.39, 0.29) is 5.41 Å². The molecule has 12 rings (SSSR count). The van der Waals surface area contributed by atoms with Crippen molar-refractivity contribution in [3.8, 4) is 44.8 Å². The van der Waals surface area contributed by atoms with Gasteiger partial charge in [-0.25, -0.2) is 4.98 Å². The zero-order valence-corrected chi connectivity index (χ0v) is 33.2. The molecule has 0 N–H and O–H groups in total. The van der Waals surface area contributed by atoms with E-state index in [0.717, 1.165) is 77.6 Å². The number of nitrogens with zero attached hydrogens (tertiary/aromatic N) is 2. The Balaban J connectivity index is 1.12. The van der Waals surface area contributed by atoms with Crippen LogP contribution in [0.5, 0.6) is 0 Å². The molecule has 0 saturated heterocycles. The Kier molecular flexibility index (Phi) is 7.54. The maximum absolute atomic E-state index is 6.86. The van der Waals surface area contributed by atoms with Crippen LogP contribution >= 0.6 is 0 Å². The molecule has 0 unspecified atom stereocenters. The highest BCUT2D eigenvalue weighted by molar-refractivity contribution is 6.17. The van der Waals surface area contributed by atoms with Crippen LogP contribution in [-0.4, -0.2) is 4.98 Å². The van der Waals surface area contributed by atoms with E-state index in [1.807, 2.05) is 30.3 Å². The summed E-state index contributed by atoms with van der Waals surface area (Å²) in [5.41, 5.74) is 16.8. The van der Waals surface area contributed by atoms with Gasteiger partial charge in [-0.3, -0.25) is 0 Å². The summed E-state index contributed by atoms with van der Waals surface area (Å²) < 4.78 is 13.3. The topological polar surface area (TPSA) is 42.4 Å². The number of furan rings is 1. The molecule has 0 atom stereocenters. The predicted octanol–water partition coefficient (Wildman–Crippen LogP) is 15.7. The van der Waals surface area contributed by atoms with Gasteiger partial charge in [-0.05, 0) is 111 Å². The summed E-state index contributed by atoms with van der Waals surface area (Å²) in [5, 5.41) is 4.39. The SMILES string of the molecule is CC1(C)c2ccccc2-c2ccc(N(c3ccc(-c4ccccc4)cc3)c3cc4c(cc3-c3ccc5nc(-c6ccccc6)oc5c3)oc3c5ccccc5ccc43)cc21. The third kappa shape index (κ3) is 5.34. The maximum atomic E-state index is 6.86. The number of hydrogen-bond donors (Lipinski definition) is 0. The van der Waals surface area contributed by atoms with Crippen molar-refractivity contribution in [2.24, 2.45) is 0 Å². The van der Waals surface area contributed by atoms with Crippen LogP contribution in [0.25, 0.3) is 88.6 Å². The second kappa shape index (κ2) is 13.2. The number of benzene rings is 9.